The van der Waals surface area contributed by atoms with E-state index in [0.29, 0.717) is 22.1 Å². The molecule has 6 rings (SSSR count). The Morgan fingerprint density at radius 3 is 2.47 bits per heavy atom. The molecule has 0 fully saturated rings. The van der Waals surface area contributed by atoms with Gasteiger partial charge in [0.2, 0.25) is 0 Å². The summed E-state index contributed by atoms with van der Waals surface area (Å²) in [5.74, 6) is 0.937. The van der Waals surface area contributed by atoms with Gasteiger partial charge in [0.1, 0.15) is 11.5 Å². The molecule has 6 heteroatoms. The number of ether oxygens (including phenoxy) is 2. The first-order valence-electron chi connectivity index (χ1n) is 11.2. The van der Waals surface area contributed by atoms with E-state index in [2.05, 4.69) is 10.6 Å². The summed E-state index contributed by atoms with van der Waals surface area (Å²) in [5, 5.41) is 7.31. The number of carbonyl (C=O) groups is 1. The standard InChI is InChI=1S/C28H21ClN2O3/c1-2-30-17-11-13-21-26(16-17)33-25-14-12-18(31-24-10-6-5-9-23(24)29)15-22(25)28(21)20-8-4-3-7-19(20)27(32)34-28/h3-16,30-31H,2H2,1H3. The van der Waals surface area contributed by atoms with E-state index in [-0.39, 0.29) is 5.97 Å². The Balaban J connectivity index is 1.56. The van der Waals surface area contributed by atoms with Gasteiger partial charge >= 0.3 is 5.97 Å². The first-order valence-corrected chi connectivity index (χ1v) is 11.5. The Kier molecular flexibility index (Phi) is 4.74. The maximum atomic E-state index is 13.0. The fourth-order valence-electron chi connectivity index (χ4n) is 4.78. The molecule has 2 N–H and O–H groups in total. The molecule has 2 aliphatic heterocycles. The zero-order valence-corrected chi connectivity index (χ0v) is 19.1. The number of benzene rings is 4. The zero-order valence-electron chi connectivity index (χ0n) is 18.4. The van der Waals surface area contributed by atoms with Gasteiger partial charge in [-0.25, -0.2) is 4.79 Å². The Labute approximate surface area is 202 Å². The van der Waals surface area contributed by atoms with Crippen molar-refractivity contribution >= 4 is 34.6 Å². The number of esters is 1. The molecule has 0 amide bonds. The summed E-state index contributed by atoms with van der Waals surface area (Å²) in [7, 11) is 0. The summed E-state index contributed by atoms with van der Waals surface area (Å²) in [6.07, 6.45) is 0. The van der Waals surface area contributed by atoms with Crippen molar-refractivity contribution in [1.29, 1.82) is 0 Å². The summed E-state index contributed by atoms with van der Waals surface area (Å²) in [4.78, 5) is 13.0. The second-order valence-electron chi connectivity index (χ2n) is 8.28. The van der Waals surface area contributed by atoms with Crippen LogP contribution in [0.25, 0.3) is 0 Å². The van der Waals surface area contributed by atoms with Crippen molar-refractivity contribution in [2.45, 2.75) is 12.5 Å². The van der Waals surface area contributed by atoms with Gasteiger partial charge in [0, 0.05) is 40.7 Å². The number of halogens is 1. The van der Waals surface area contributed by atoms with Crippen LogP contribution in [0.1, 0.15) is 34.0 Å². The summed E-state index contributed by atoms with van der Waals surface area (Å²) in [6, 6.07) is 26.8. The van der Waals surface area contributed by atoms with Crippen LogP contribution in [0.5, 0.6) is 11.5 Å². The number of hydrogen-bond donors (Lipinski definition) is 2. The highest BCUT2D eigenvalue weighted by molar-refractivity contribution is 6.33. The van der Waals surface area contributed by atoms with Crippen LogP contribution in [-0.4, -0.2) is 12.5 Å². The van der Waals surface area contributed by atoms with E-state index in [0.717, 1.165) is 40.3 Å². The van der Waals surface area contributed by atoms with Crippen LogP contribution < -0.4 is 15.4 Å². The maximum Gasteiger partial charge on any atom is 0.340 e. The molecule has 34 heavy (non-hydrogen) atoms. The van der Waals surface area contributed by atoms with Gasteiger partial charge in [-0.05, 0) is 55.5 Å². The van der Waals surface area contributed by atoms with Gasteiger partial charge in [0.15, 0.2) is 5.60 Å². The third-order valence-corrected chi connectivity index (χ3v) is 6.58. The largest absolute Gasteiger partial charge is 0.456 e. The number of para-hydroxylation sites is 1. The number of fused-ring (bicyclic) bond motifs is 6. The van der Waals surface area contributed by atoms with E-state index >= 15 is 0 Å². The van der Waals surface area contributed by atoms with Crippen LogP contribution in [0, 0.1) is 0 Å². The van der Waals surface area contributed by atoms with Gasteiger partial charge in [-0.15, -0.1) is 0 Å². The topological polar surface area (TPSA) is 59.6 Å². The Morgan fingerprint density at radius 2 is 1.62 bits per heavy atom. The third-order valence-electron chi connectivity index (χ3n) is 6.25. The monoisotopic (exact) mass is 468 g/mol. The number of anilines is 3. The van der Waals surface area contributed by atoms with Gasteiger partial charge in [0.25, 0.3) is 0 Å². The van der Waals surface area contributed by atoms with Gasteiger partial charge < -0.3 is 20.1 Å². The van der Waals surface area contributed by atoms with E-state index in [1.807, 2.05) is 85.8 Å². The van der Waals surface area contributed by atoms with Crippen LogP contribution in [0.15, 0.2) is 84.9 Å². The summed E-state index contributed by atoms with van der Waals surface area (Å²) < 4.78 is 12.6. The molecule has 2 aliphatic rings. The van der Waals surface area contributed by atoms with Crippen LogP contribution >= 0.6 is 11.6 Å². The van der Waals surface area contributed by atoms with Crippen LogP contribution in [0.3, 0.4) is 0 Å². The average Bonchev–Trinajstić information content (AvgIpc) is 3.14. The summed E-state index contributed by atoms with van der Waals surface area (Å²) in [5.41, 5.74) is 4.33. The maximum absolute atomic E-state index is 13.0. The highest BCUT2D eigenvalue weighted by Gasteiger charge is 2.53. The lowest BCUT2D eigenvalue weighted by atomic mass is 9.77. The van der Waals surface area contributed by atoms with Crippen molar-refractivity contribution in [3.05, 3.63) is 112 Å². The highest BCUT2D eigenvalue weighted by atomic mass is 35.5. The van der Waals surface area contributed by atoms with Gasteiger partial charge in [-0.2, -0.15) is 0 Å². The fraction of sp³-hybridized carbons (Fsp3) is 0.107. The molecular formula is C28H21ClN2O3. The minimum atomic E-state index is -1.11. The zero-order chi connectivity index (χ0) is 23.3. The quantitative estimate of drug-likeness (QED) is 0.313. The Hall–Kier alpha value is -3.96. The molecule has 4 aromatic carbocycles. The SMILES string of the molecule is CCNc1ccc2c(c1)Oc1ccc(Nc3ccccc3Cl)cc1C21OC(=O)c2ccccc21. The molecule has 0 saturated heterocycles. The number of nitrogens with one attached hydrogen (secondary N) is 2. The van der Waals surface area contributed by atoms with Crippen LogP contribution in [-0.2, 0) is 10.3 Å². The lowest BCUT2D eigenvalue weighted by molar-refractivity contribution is 0.0224. The molecule has 1 unspecified atom stereocenters. The second-order valence-corrected chi connectivity index (χ2v) is 8.68. The molecule has 1 spiro atoms. The first-order chi connectivity index (χ1) is 16.6. The predicted molar refractivity (Wildman–Crippen MR) is 134 cm³/mol. The van der Waals surface area contributed by atoms with Crippen LogP contribution in [0.4, 0.5) is 17.1 Å². The Bertz CT molecular complexity index is 1450. The normalized spacial score (nSPS) is 17.3. The lowest BCUT2D eigenvalue weighted by Gasteiger charge is -2.37. The number of hydrogen-bond acceptors (Lipinski definition) is 5. The second kappa shape index (κ2) is 7.82. The molecule has 0 aromatic heterocycles. The molecule has 4 aromatic rings. The predicted octanol–water partition coefficient (Wildman–Crippen LogP) is 7.08. The smallest absolute Gasteiger partial charge is 0.340 e. The summed E-state index contributed by atoms with van der Waals surface area (Å²) >= 11 is 6.37. The minimum absolute atomic E-state index is 0.352. The van der Waals surface area contributed by atoms with Crippen molar-refractivity contribution in [2.75, 3.05) is 17.2 Å². The molecule has 0 saturated carbocycles. The van der Waals surface area contributed by atoms with E-state index in [1.165, 1.54) is 0 Å². The Morgan fingerprint density at radius 1 is 0.824 bits per heavy atom. The molecule has 0 bridgehead atoms. The van der Waals surface area contributed by atoms with E-state index in [9.17, 15) is 4.79 Å². The average molecular weight is 469 g/mol. The molecule has 1 atom stereocenters. The van der Waals surface area contributed by atoms with Gasteiger partial charge in [-0.3, -0.25) is 0 Å². The van der Waals surface area contributed by atoms with Crippen molar-refractivity contribution in [3.63, 3.8) is 0 Å². The van der Waals surface area contributed by atoms with E-state index in [1.54, 1.807) is 6.07 Å². The van der Waals surface area contributed by atoms with E-state index < -0.39 is 5.60 Å². The lowest BCUT2D eigenvalue weighted by Crippen LogP contribution is -2.33. The fourth-order valence-corrected chi connectivity index (χ4v) is 4.97. The van der Waals surface area contributed by atoms with Crippen molar-refractivity contribution < 1.29 is 14.3 Å². The molecule has 0 radical (unpaired) electrons. The number of rotatable bonds is 4. The van der Waals surface area contributed by atoms with Gasteiger partial charge in [0.05, 0.1) is 16.3 Å². The van der Waals surface area contributed by atoms with Crippen molar-refractivity contribution in [3.8, 4) is 11.5 Å². The van der Waals surface area contributed by atoms with Crippen molar-refractivity contribution in [2.24, 2.45) is 0 Å². The molecular weight excluding hydrogens is 448 g/mol. The molecule has 0 aliphatic carbocycles. The minimum Gasteiger partial charge on any atom is -0.456 e. The van der Waals surface area contributed by atoms with E-state index in [4.69, 9.17) is 21.1 Å². The molecule has 5 nitrogen and oxygen atoms in total. The molecule has 168 valence electrons. The number of carbonyl (C=O) groups excluding carboxylic acids is 1. The third kappa shape index (κ3) is 3.05. The van der Waals surface area contributed by atoms with Crippen molar-refractivity contribution in [1.82, 2.24) is 0 Å². The summed E-state index contributed by atoms with van der Waals surface area (Å²) in [6.45, 7) is 2.83. The van der Waals surface area contributed by atoms with Gasteiger partial charge in [-0.1, -0.05) is 41.9 Å². The first kappa shape index (κ1) is 20.6. The van der Waals surface area contributed by atoms with Crippen LogP contribution in [0.2, 0.25) is 5.02 Å². The highest BCUT2D eigenvalue weighted by Crippen LogP contribution is 2.56. The molecule has 2 heterocycles.